The first kappa shape index (κ1) is 27.0. The minimum absolute atomic E-state index is 0.151. The maximum absolute atomic E-state index is 12.8. The molecular formula is C31H28N2O6. The molecule has 0 radical (unpaired) electrons. The minimum Gasteiger partial charge on any atom is -0.497 e. The van der Waals surface area contributed by atoms with E-state index >= 15 is 0 Å². The van der Waals surface area contributed by atoms with Crippen molar-refractivity contribution in [3.8, 4) is 34.8 Å². The van der Waals surface area contributed by atoms with Crippen LogP contribution in [0.4, 0.5) is 4.79 Å². The molecule has 1 amide bonds. The summed E-state index contributed by atoms with van der Waals surface area (Å²) in [5.74, 6) is 8.02. The van der Waals surface area contributed by atoms with E-state index in [-0.39, 0.29) is 13.1 Å². The largest absolute Gasteiger partial charge is 0.497 e. The zero-order valence-electron chi connectivity index (χ0n) is 22.0. The van der Waals surface area contributed by atoms with Crippen LogP contribution < -0.4 is 9.47 Å². The van der Waals surface area contributed by atoms with Gasteiger partial charge < -0.3 is 18.6 Å². The molecule has 8 heteroatoms. The van der Waals surface area contributed by atoms with Gasteiger partial charge in [0.25, 0.3) is 0 Å². The molecule has 0 aliphatic heterocycles. The van der Waals surface area contributed by atoms with Crippen molar-refractivity contribution >= 4 is 12.1 Å². The number of hydrogen-bond donors (Lipinski definition) is 0. The number of nitrogens with zero attached hydrogens (tertiary/aromatic N) is 2. The van der Waals surface area contributed by atoms with Crippen molar-refractivity contribution in [3.63, 3.8) is 0 Å². The highest BCUT2D eigenvalue weighted by Gasteiger charge is 2.20. The van der Waals surface area contributed by atoms with Crippen LogP contribution in [0.25, 0.3) is 11.5 Å². The van der Waals surface area contributed by atoms with E-state index in [2.05, 4.69) is 16.8 Å². The van der Waals surface area contributed by atoms with Crippen LogP contribution in [0.2, 0.25) is 0 Å². The van der Waals surface area contributed by atoms with E-state index in [9.17, 15) is 9.59 Å². The summed E-state index contributed by atoms with van der Waals surface area (Å²) >= 11 is 0. The number of benzene rings is 3. The van der Waals surface area contributed by atoms with Crippen LogP contribution in [0.3, 0.4) is 0 Å². The van der Waals surface area contributed by atoms with Gasteiger partial charge in [0, 0.05) is 17.7 Å². The van der Waals surface area contributed by atoms with Crippen molar-refractivity contribution < 1.29 is 28.2 Å². The van der Waals surface area contributed by atoms with Crippen LogP contribution >= 0.6 is 0 Å². The Balaban J connectivity index is 1.39. The third-order valence-electron chi connectivity index (χ3n) is 5.80. The lowest BCUT2D eigenvalue weighted by molar-refractivity contribution is -0.141. The van der Waals surface area contributed by atoms with Crippen LogP contribution in [0.1, 0.15) is 22.6 Å². The van der Waals surface area contributed by atoms with Crippen molar-refractivity contribution in [3.05, 3.63) is 101 Å². The maximum atomic E-state index is 12.8. The number of hydrogen-bond acceptors (Lipinski definition) is 7. The molecule has 0 aliphatic carbocycles. The van der Waals surface area contributed by atoms with Crippen molar-refractivity contribution in [2.24, 2.45) is 0 Å². The molecule has 0 fully saturated rings. The monoisotopic (exact) mass is 524 g/mol. The van der Waals surface area contributed by atoms with Crippen LogP contribution in [0, 0.1) is 18.8 Å². The number of carbonyl (C=O) groups is 2. The number of methoxy groups -OCH3 is 2. The van der Waals surface area contributed by atoms with Crippen molar-refractivity contribution in [2.45, 2.75) is 19.9 Å². The first-order valence-corrected chi connectivity index (χ1v) is 12.2. The number of ether oxygens (including phenoxy) is 3. The first-order chi connectivity index (χ1) is 18.9. The molecule has 3 aromatic carbocycles. The summed E-state index contributed by atoms with van der Waals surface area (Å²) in [4.78, 5) is 30.6. The van der Waals surface area contributed by atoms with E-state index in [1.165, 1.54) is 12.0 Å². The van der Waals surface area contributed by atoms with Crippen LogP contribution in [0.5, 0.6) is 11.5 Å². The average Bonchev–Trinajstić information content (AvgIpc) is 3.34. The third-order valence-corrected chi connectivity index (χ3v) is 5.80. The lowest BCUT2D eigenvalue weighted by Crippen LogP contribution is -2.37. The normalized spacial score (nSPS) is 10.2. The van der Waals surface area contributed by atoms with Gasteiger partial charge in [0.05, 0.1) is 26.3 Å². The molecule has 0 saturated heterocycles. The molecule has 8 nitrogen and oxygen atoms in total. The standard InChI is InChI=1S/C31H28N2O6/c1-22-28(32-30(38-22)25-9-5-4-6-10-25)11-7-8-23-12-14-24(15-13-23)20-33(21-29(34)37-3)31(35)39-27-18-16-26(36-2)17-19-27/h4-6,9-10,12-19H,11,20-21H2,1-3H3. The second-order valence-corrected chi connectivity index (χ2v) is 8.54. The Kier molecular flexibility index (Phi) is 8.99. The van der Waals surface area contributed by atoms with Gasteiger partial charge in [-0.3, -0.25) is 9.69 Å². The highest BCUT2D eigenvalue weighted by Crippen LogP contribution is 2.22. The molecule has 0 atom stereocenters. The maximum Gasteiger partial charge on any atom is 0.416 e. The van der Waals surface area contributed by atoms with Gasteiger partial charge >= 0.3 is 12.1 Å². The van der Waals surface area contributed by atoms with Crippen molar-refractivity contribution in [2.75, 3.05) is 20.8 Å². The van der Waals surface area contributed by atoms with Gasteiger partial charge in [0.1, 0.15) is 23.8 Å². The fourth-order valence-corrected chi connectivity index (χ4v) is 3.65. The summed E-state index contributed by atoms with van der Waals surface area (Å²) in [6.07, 6.45) is -0.221. The third kappa shape index (κ3) is 7.49. The van der Waals surface area contributed by atoms with E-state index in [1.54, 1.807) is 31.4 Å². The van der Waals surface area contributed by atoms with Crippen molar-refractivity contribution in [1.29, 1.82) is 0 Å². The van der Waals surface area contributed by atoms with E-state index < -0.39 is 12.1 Å². The Morgan fingerprint density at radius 2 is 1.62 bits per heavy atom. The Morgan fingerprint density at radius 1 is 0.923 bits per heavy atom. The number of rotatable bonds is 8. The predicted octanol–water partition coefficient (Wildman–Crippen LogP) is 5.43. The number of amides is 1. The average molecular weight is 525 g/mol. The van der Waals surface area contributed by atoms with E-state index in [4.69, 9.17) is 18.6 Å². The molecule has 0 N–H and O–H groups in total. The molecule has 1 heterocycles. The van der Waals surface area contributed by atoms with E-state index in [0.717, 1.165) is 28.1 Å². The van der Waals surface area contributed by atoms with Gasteiger partial charge in [-0.05, 0) is 61.0 Å². The first-order valence-electron chi connectivity index (χ1n) is 12.2. The Hall–Kier alpha value is -5.03. The van der Waals surface area contributed by atoms with Crippen LogP contribution in [-0.2, 0) is 22.5 Å². The summed E-state index contributed by atoms with van der Waals surface area (Å²) < 4.78 is 21.1. The zero-order chi connectivity index (χ0) is 27.6. The molecule has 0 aliphatic rings. The fourth-order valence-electron chi connectivity index (χ4n) is 3.65. The topological polar surface area (TPSA) is 91.1 Å². The van der Waals surface area contributed by atoms with Gasteiger partial charge in [-0.1, -0.05) is 42.2 Å². The van der Waals surface area contributed by atoms with E-state index in [0.29, 0.717) is 23.8 Å². The van der Waals surface area contributed by atoms with Gasteiger partial charge in [-0.2, -0.15) is 0 Å². The second-order valence-electron chi connectivity index (χ2n) is 8.54. The molecule has 0 unspecified atom stereocenters. The molecule has 0 saturated carbocycles. The minimum atomic E-state index is -0.674. The molecule has 4 aromatic rings. The highest BCUT2D eigenvalue weighted by atomic mass is 16.6. The molecule has 0 bridgehead atoms. The zero-order valence-corrected chi connectivity index (χ0v) is 22.0. The molecule has 39 heavy (non-hydrogen) atoms. The molecule has 198 valence electrons. The quantitative estimate of drug-likeness (QED) is 0.224. The molecule has 0 spiro atoms. The number of aromatic nitrogens is 1. The number of esters is 1. The summed E-state index contributed by atoms with van der Waals surface area (Å²) in [6.45, 7) is 1.78. The smallest absolute Gasteiger partial charge is 0.416 e. The number of carbonyl (C=O) groups excluding carboxylic acids is 2. The Labute approximate surface area is 227 Å². The summed E-state index contributed by atoms with van der Waals surface area (Å²) in [5, 5.41) is 0. The SMILES string of the molecule is COC(=O)CN(Cc1ccc(C#CCc2nc(-c3ccccc3)oc2C)cc1)C(=O)Oc1ccc(OC)cc1. The summed E-state index contributed by atoms with van der Waals surface area (Å²) in [6, 6.07) is 23.7. The van der Waals surface area contributed by atoms with E-state index in [1.807, 2.05) is 61.5 Å². The summed E-state index contributed by atoms with van der Waals surface area (Å²) in [5.41, 5.74) is 3.33. The lowest BCUT2D eigenvalue weighted by Gasteiger charge is -2.21. The summed E-state index contributed by atoms with van der Waals surface area (Å²) in [7, 11) is 2.82. The van der Waals surface area contributed by atoms with Gasteiger partial charge in [-0.15, -0.1) is 0 Å². The fraction of sp³-hybridized carbons (Fsp3) is 0.194. The van der Waals surface area contributed by atoms with Gasteiger partial charge in [-0.25, -0.2) is 9.78 Å². The number of aryl methyl sites for hydroxylation is 1. The Bertz CT molecular complexity index is 1470. The molecule has 1 aromatic heterocycles. The van der Waals surface area contributed by atoms with Gasteiger partial charge in [0.15, 0.2) is 0 Å². The molecule has 4 rings (SSSR count). The predicted molar refractivity (Wildman–Crippen MR) is 145 cm³/mol. The highest BCUT2D eigenvalue weighted by molar-refractivity contribution is 5.79. The number of oxazole rings is 1. The Morgan fingerprint density at radius 3 is 2.28 bits per heavy atom. The van der Waals surface area contributed by atoms with Gasteiger partial charge in [0.2, 0.25) is 5.89 Å². The van der Waals surface area contributed by atoms with Crippen LogP contribution in [0.15, 0.2) is 83.3 Å². The second kappa shape index (κ2) is 13.0. The lowest BCUT2D eigenvalue weighted by atomic mass is 10.1. The van der Waals surface area contributed by atoms with Crippen molar-refractivity contribution in [1.82, 2.24) is 9.88 Å². The molecular weight excluding hydrogens is 496 g/mol. The van der Waals surface area contributed by atoms with Crippen LogP contribution in [-0.4, -0.2) is 42.7 Å².